The first-order chi connectivity index (χ1) is 5.02. The Morgan fingerprint density at radius 2 is 1.45 bits per heavy atom. The number of primary amides is 2. The van der Waals surface area contributed by atoms with Crippen LogP contribution in [0.5, 0.6) is 0 Å². The molecule has 1 aliphatic heterocycles. The van der Waals surface area contributed by atoms with E-state index in [-0.39, 0.29) is 11.8 Å². The molecule has 0 bridgehead atoms. The summed E-state index contributed by atoms with van der Waals surface area (Å²) >= 11 is 0. The van der Waals surface area contributed by atoms with Crippen LogP contribution in [0.25, 0.3) is 0 Å². The molecule has 0 radical (unpaired) electrons. The van der Waals surface area contributed by atoms with E-state index in [0.717, 1.165) is 0 Å². The van der Waals surface area contributed by atoms with Crippen LogP contribution >= 0.6 is 0 Å². The number of hydrogen-bond acceptors (Lipinski definition) is 3. The molecule has 0 spiro atoms. The van der Waals surface area contributed by atoms with Gasteiger partial charge < -0.3 is 11.5 Å². The van der Waals surface area contributed by atoms with E-state index in [9.17, 15) is 9.59 Å². The lowest BCUT2D eigenvalue weighted by atomic mass is 10.4. The SMILES string of the molecule is NC(N)=O.O=C1CCC(=O)N1. The molecule has 62 valence electrons. The van der Waals surface area contributed by atoms with Crippen LogP contribution in [-0.2, 0) is 9.59 Å². The number of nitrogens with two attached hydrogens (primary N) is 2. The molecule has 0 saturated carbocycles. The predicted octanol–water partition coefficient (Wildman–Crippen LogP) is -1.55. The van der Waals surface area contributed by atoms with Crippen LogP contribution in [0.3, 0.4) is 0 Å². The molecular formula is C5H9N3O3. The lowest BCUT2D eigenvalue weighted by Crippen LogP contribution is -2.18. The topological polar surface area (TPSA) is 115 Å². The second-order valence-electron chi connectivity index (χ2n) is 1.87. The molecule has 1 aliphatic rings. The molecule has 1 rings (SSSR count). The van der Waals surface area contributed by atoms with E-state index in [1.807, 2.05) is 0 Å². The van der Waals surface area contributed by atoms with Gasteiger partial charge >= 0.3 is 6.03 Å². The van der Waals surface area contributed by atoms with Crippen LogP contribution in [0.15, 0.2) is 0 Å². The fourth-order valence-corrected chi connectivity index (χ4v) is 0.508. The van der Waals surface area contributed by atoms with Gasteiger partial charge in [-0.25, -0.2) is 4.79 Å². The zero-order valence-corrected chi connectivity index (χ0v) is 5.79. The molecule has 1 saturated heterocycles. The largest absolute Gasteiger partial charge is 0.352 e. The van der Waals surface area contributed by atoms with Gasteiger partial charge in [-0.15, -0.1) is 0 Å². The summed E-state index contributed by atoms with van der Waals surface area (Å²) in [5, 5.41) is 2.14. The summed E-state index contributed by atoms with van der Waals surface area (Å²) in [6, 6.07) is -0.833. The smallest absolute Gasteiger partial charge is 0.309 e. The van der Waals surface area contributed by atoms with Gasteiger partial charge in [0.15, 0.2) is 0 Å². The highest BCUT2D eigenvalue weighted by atomic mass is 16.2. The maximum Gasteiger partial charge on any atom is 0.309 e. The Morgan fingerprint density at radius 3 is 1.55 bits per heavy atom. The maximum atomic E-state index is 10.1. The van der Waals surface area contributed by atoms with Crippen molar-refractivity contribution in [1.29, 1.82) is 0 Å². The van der Waals surface area contributed by atoms with Crippen molar-refractivity contribution in [2.24, 2.45) is 11.5 Å². The summed E-state index contributed by atoms with van der Waals surface area (Å²) in [4.78, 5) is 29.2. The van der Waals surface area contributed by atoms with E-state index in [4.69, 9.17) is 4.79 Å². The molecule has 0 aliphatic carbocycles. The Hall–Kier alpha value is -1.59. The first-order valence-electron chi connectivity index (χ1n) is 2.90. The number of hydrogen-bond donors (Lipinski definition) is 3. The summed E-state index contributed by atoms with van der Waals surface area (Å²) in [5.41, 5.74) is 8.50. The van der Waals surface area contributed by atoms with Gasteiger partial charge in [0.25, 0.3) is 0 Å². The minimum Gasteiger partial charge on any atom is -0.352 e. The molecule has 0 atom stereocenters. The van der Waals surface area contributed by atoms with Crippen molar-refractivity contribution in [2.75, 3.05) is 0 Å². The fraction of sp³-hybridized carbons (Fsp3) is 0.400. The number of carbonyl (C=O) groups is 3. The molecule has 6 heteroatoms. The molecule has 1 heterocycles. The lowest BCUT2D eigenvalue weighted by Gasteiger charge is -1.79. The van der Waals surface area contributed by atoms with Crippen LogP contribution in [-0.4, -0.2) is 17.8 Å². The molecule has 0 unspecified atom stereocenters. The molecule has 11 heavy (non-hydrogen) atoms. The van der Waals surface area contributed by atoms with E-state index in [0.29, 0.717) is 12.8 Å². The summed E-state index contributed by atoms with van der Waals surface area (Å²) in [6.45, 7) is 0. The summed E-state index contributed by atoms with van der Waals surface area (Å²) < 4.78 is 0. The Bertz CT molecular complexity index is 171. The van der Waals surface area contributed by atoms with Crippen molar-refractivity contribution in [3.8, 4) is 0 Å². The minimum atomic E-state index is -0.833. The summed E-state index contributed by atoms with van der Waals surface area (Å²) in [6.07, 6.45) is 0.748. The van der Waals surface area contributed by atoms with Crippen LogP contribution in [0.1, 0.15) is 12.8 Å². The molecular weight excluding hydrogens is 150 g/mol. The Morgan fingerprint density at radius 1 is 1.18 bits per heavy atom. The van der Waals surface area contributed by atoms with Crippen molar-refractivity contribution >= 4 is 17.8 Å². The first kappa shape index (κ1) is 9.41. The van der Waals surface area contributed by atoms with Crippen LogP contribution in [0.2, 0.25) is 0 Å². The Labute approximate surface area is 62.9 Å². The van der Waals surface area contributed by atoms with Gasteiger partial charge in [0.1, 0.15) is 0 Å². The van der Waals surface area contributed by atoms with Crippen molar-refractivity contribution in [3.63, 3.8) is 0 Å². The molecule has 0 aromatic heterocycles. The molecule has 5 N–H and O–H groups in total. The second kappa shape index (κ2) is 4.26. The highest BCUT2D eigenvalue weighted by Gasteiger charge is 2.15. The van der Waals surface area contributed by atoms with Gasteiger partial charge in [-0.05, 0) is 0 Å². The van der Waals surface area contributed by atoms with Gasteiger partial charge in [0, 0.05) is 12.8 Å². The molecule has 1 fully saturated rings. The zero-order chi connectivity index (χ0) is 8.85. The van der Waals surface area contributed by atoms with E-state index >= 15 is 0 Å². The quantitative estimate of drug-likeness (QED) is 0.371. The zero-order valence-electron chi connectivity index (χ0n) is 5.79. The average molecular weight is 159 g/mol. The van der Waals surface area contributed by atoms with E-state index < -0.39 is 6.03 Å². The molecule has 4 amide bonds. The van der Waals surface area contributed by atoms with Crippen LogP contribution in [0, 0.1) is 0 Å². The van der Waals surface area contributed by atoms with Gasteiger partial charge in [-0.2, -0.15) is 0 Å². The number of amides is 4. The lowest BCUT2D eigenvalue weighted by molar-refractivity contribution is -0.124. The maximum absolute atomic E-state index is 10.1. The number of urea groups is 1. The molecule has 6 nitrogen and oxygen atoms in total. The molecule has 0 aromatic rings. The third-order valence-electron chi connectivity index (χ3n) is 0.858. The third-order valence-corrected chi connectivity index (χ3v) is 0.858. The van der Waals surface area contributed by atoms with Gasteiger partial charge in [-0.3, -0.25) is 14.9 Å². The van der Waals surface area contributed by atoms with E-state index in [1.54, 1.807) is 0 Å². The first-order valence-corrected chi connectivity index (χ1v) is 2.90. The Kier molecular flexibility index (Phi) is 3.65. The summed E-state index contributed by atoms with van der Waals surface area (Å²) in [5.74, 6) is -0.296. The molecule has 0 aromatic carbocycles. The highest BCUT2D eigenvalue weighted by molar-refractivity contribution is 6.01. The fourth-order valence-electron chi connectivity index (χ4n) is 0.508. The Balaban J connectivity index is 0.000000218. The van der Waals surface area contributed by atoms with E-state index in [1.165, 1.54) is 0 Å². The second-order valence-corrected chi connectivity index (χ2v) is 1.87. The number of rotatable bonds is 0. The number of carbonyl (C=O) groups excluding carboxylic acids is 3. The van der Waals surface area contributed by atoms with Gasteiger partial charge in [0.2, 0.25) is 11.8 Å². The van der Waals surface area contributed by atoms with Crippen molar-refractivity contribution in [2.45, 2.75) is 12.8 Å². The summed E-state index contributed by atoms with van der Waals surface area (Å²) in [7, 11) is 0. The third kappa shape index (κ3) is 6.29. The normalized spacial score (nSPS) is 14.9. The number of imide groups is 1. The average Bonchev–Trinajstić information content (AvgIpc) is 2.13. The standard InChI is InChI=1S/C4H5NO2.CH4N2O/c6-3-1-2-4(7)5-3;2-1(3)4/h1-2H2,(H,5,6,7);(H4,2,3,4). The van der Waals surface area contributed by atoms with Crippen LogP contribution < -0.4 is 16.8 Å². The predicted molar refractivity (Wildman–Crippen MR) is 36.2 cm³/mol. The van der Waals surface area contributed by atoms with Crippen LogP contribution in [0.4, 0.5) is 4.79 Å². The van der Waals surface area contributed by atoms with Crippen molar-refractivity contribution in [1.82, 2.24) is 5.32 Å². The van der Waals surface area contributed by atoms with Crippen molar-refractivity contribution in [3.05, 3.63) is 0 Å². The van der Waals surface area contributed by atoms with Gasteiger partial charge in [-0.1, -0.05) is 0 Å². The van der Waals surface area contributed by atoms with Gasteiger partial charge in [0.05, 0.1) is 0 Å². The highest BCUT2D eigenvalue weighted by Crippen LogP contribution is 1.95. The van der Waals surface area contributed by atoms with Crippen molar-refractivity contribution < 1.29 is 14.4 Å². The van der Waals surface area contributed by atoms with E-state index in [2.05, 4.69) is 16.8 Å². The number of nitrogens with one attached hydrogen (secondary N) is 1. The monoisotopic (exact) mass is 159 g/mol. The minimum absolute atomic E-state index is 0.148.